The monoisotopic (exact) mass is 253 g/mol. The smallest absolute Gasteiger partial charge is 0.194 e. The van der Waals surface area contributed by atoms with Crippen LogP contribution in [0, 0.1) is 13.8 Å². The molecule has 0 aliphatic rings. The molecule has 0 unspecified atom stereocenters. The molecular weight excluding hydrogens is 241 g/mol. The van der Waals surface area contributed by atoms with Crippen molar-refractivity contribution in [3.63, 3.8) is 0 Å². The summed E-state index contributed by atoms with van der Waals surface area (Å²) in [4.78, 5) is 6.72. The lowest BCUT2D eigenvalue weighted by molar-refractivity contribution is 0.947. The number of halogens is 2. The van der Waals surface area contributed by atoms with E-state index in [0.29, 0.717) is 6.54 Å². The molecule has 0 fully saturated rings. The Morgan fingerprint density at radius 3 is 2.64 bits per heavy atom. The Hall–Kier alpha value is -0.290. The van der Waals surface area contributed by atoms with E-state index in [0.717, 1.165) is 16.3 Å². The van der Waals surface area contributed by atoms with Crippen molar-refractivity contribution in [1.82, 2.24) is 9.38 Å². The summed E-state index contributed by atoms with van der Waals surface area (Å²) < 4.78 is 2.08. The molecule has 0 bridgehead atoms. The summed E-state index contributed by atoms with van der Waals surface area (Å²) in [5.74, 6) is 0. The van der Waals surface area contributed by atoms with Crippen molar-refractivity contribution in [2.24, 2.45) is 5.73 Å². The van der Waals surface area contributed by atoms with Crippen LogP contribution in [-0.4, -0.2) is 9.38 Å². The average molecular weight is 254 g/mol. The van der Waals surface area contributed by atoms with E-state index in [-0.39, 0.29) is 24.8 Å². The number of fused-ring (bicyclic) bond motifs is 1. The van der Waals surface area contributed by atoms with Gasteiger partial charge in [0.05, 0.1) is 11.4 Å². The van der Waals surface area contributed by atoms with Gasteiger partial charge >= 0.3 is 0 Å². The zero-order chi connectivity index (χ0) is 8.72. The van der Waals surface area contributed by atoms with Gasteiger partial charge in [-0.3, -0.25) is 4.40 Å². The number of imidazole rings is 1. The lowest BCUT2D eigenvalue weighted by Gasteiger charge is -1.93. The topological polar surface area (TPSA) is 43.3 Å². The largest absolute Gasteiger partial charge is 0.325 e. The van der Waals surface area contributed by atoms with Crippen molar-refractivity contribution in [2.45, 2.75) is 20.4 Å². The van der Waals surface area contributed by atoms with Gasteiger partial charge in [0, 0.05) is 17.6 Å². The van der Waals surface area contributed by atoms with E-state index in [9.17, 15) is 0 Å². The molecule has 2 rings (SSSR count). The number of nitrogens with two attached hydrogens (primary N) is 1. The molecule has 2 heterocycles. The third-order valence-corrected chi connectivity index (χ3v) is 2.83. The van der Waals surface area contributed by atoms with E-state index in [1.165, 1.54) is 4.88 Å². The Morgan fingerprint density at radius 2 is 2.07 bits per heavy atom. The van der Waals surface area contributed by atoms with Gasteiger partial charge < -0.3 is 5.73 Å². The minimum Gasteiger partial charge on any atom is -0.325 e. The Bertz CT molecular complexity index is 421. The van der Waals surface area contributed by atoms with Gasteiger partial charge in [-0.1, -0.05) is 0 Å². The molecule has 2 aromatic rings. The molecule has 80 valence electrons. The van der Waals surface area contributed by atoms with Gasteiger partial charge in [0.1, 0.15) is 0 Å². The summed E-state index contributed by atoms with van der Waals surface area (Å²) >= 11 is 1.70. The number of hydrogen-bond acceptors (Lipinski definition) is 3. The van der Waals surface area contributed by atoms with Crippen molar-refractivity contribution < 1.29 is 0 Å². The maximum Gasteiger partial charge on any atom is 0.194 e. The standard InChI is InChI=1S/C8H11N3S.2ClH/c1-5-4-11-7(3-9)6(2)10-8(11)12-5;;/h4H,3,9H2,1-2H3;2*1H. The van der Waals surface area contributed by atoms with Crippen molar-refractivity contribution in [1.29, 1.82) is 0 Å². The SMILES string of the molecule is Cc1cn2c(CN)c(C)nc2s1.Cl.Cl. The molecule has 2 N–H and O–H groups in total. The minimum absolute atomic E-state index is 0. The van der Waals surface area contributed by atoms with Gasteiger partial charge in [-0.05, 0) is 13.8 Å². The second kappa shape index (κ2) is 4.98. The second-order valence-electron chi connectivity index (χ2n) is 2.84. The molecule has 14 heavy (non-hydrogen) atoms. The molecule has 0 spiro atoms. The number of aromatic nitrogens is 2. The molecule has 3 nitrogen and oxygen atoms in total. The van der Waals surface area contributed by atoms with Gasteiger partial charge in [-0.15, -0.1) is 36.2 Å². The number of aryl methyl sites for hydroxylation is 2. The summed E-state index contributed by atoms with van der Waals surface area (Å²) in [5.41, 5.74) is 7.78. The van der Waals surface area contributed by atoms with Crippen LogP contribution < -0.4 is 5.73 Å². The highest BCUT2D eigenvalue weighted by molar-refractivity contribution is 7.17. The Kier molecular flexibility index (Phi) is 4.88. The summed E-state index contributed by atoms with van der Waals surface area (Å²) in [5, 5.41) is 0. The van der Waals surface area contributed by atoms with Crippen LogP contribution in [0.5, 0.6) is 0 Å². The van der Waals surface area contributed by atoms with Gasteiger partial charge in [-0.2, -0.15) is 0 Å². The number of thiazole rings is 1. The highest BCUT2D eigenvalue weighted by Gasteiger charge is 2.08. The predicted octanol–water partition coefficient (Wildman–Crippen LogP) is 2.31. The molecule has 0 aliphatic carbocycles. The van der Waals surface area contributed by atoms with Crippen LogP contribution in [-0.2, 0) is 6.54 Å². The molecule has 0 aromatic carbocycles. The summed E-state index contributed by atoms with van der Waals surface area (Å²) in [6, 6.07) is 0. The molecule has 0 radical (unpaired) electrons. The highest BCUT2D eigenvalue weighted by Crippen LogP contribution is 2.19. The fourth-order valence-electron chi connectivity index (χ4n) is 1.35. The van der Waals surface area contributed by atoms with Crippen molar-refractivity contribution >= 4 is 41.1 Å². The summed E-state index contributed by atoms with van der Waals surface area (Å²) in [6.07, 6.45) is 2.09. The van der Waals surface area contributed by atoms with Crippen LogP contribution in [0.1, 0.15) is 16.3 Å². The molecule has 0 saturated heterocycles. The lowest BCUT2D eigenvalue weighted by Crippen LogP contribution is -2.01. The van der Waals surface area contributed by atoms with E-state index in [2.05, 4.69) is 22.5 Å². The average Bonchev–Trinajstić information content (AvgIpc) is 2.43. The first-order valence-corrected chi connectivity index (χ1v) is 4.68. The number of rotatable bonds is 1. The Balaban J connectivity index is 0.000000845. The lowest BCUT2D eigenvalue weighted by atomic mass is 10.3. The first kappa shape index (κ1) is 13.7. The van der Waals surface area contributed by atoms with E-state index in [1.807, 2.05) is 6.92 Å². The molecule has 0 atom stereocenters. The quantitative estimate of drug-likeness (QED) is 0.848. The fraction of sp³-hybridized carbons (Fsp3) is 0.375. The van der Waals surface area contributed by atoms with Crippen LogP contribution in [0.15, 0.2) is 6.20 Å². The molecule has 6 heteroatoms. The molecular formula is C8H13Cl2N3S. The molecule has 0 amide bonds. The maximum atomic E-state index is 5.61. The number of hydrogen-bond donors (Lipinski definition) is 1. The van der Waals surface area contributed by atoms with Gasteiger partial charge in [0.25, 0.3) is 0 Å². The van der Waals surface area contributed by atoms with Gasteiger partial charge in [0.15, 0.2) is 4.96 Å². The van der Waals surface area contributed by atoms with E-state index < -0.39 is 0 Å². The van der Waals surface area contributed by atoms with Crippen LogP contribution in [0.3, 0.4) is 0 Å². The number of nitrogens with zero attached hydrogens (tertiary/aromatic N) is 2. The van der Waals surface area contributed by atoms with Crippen LogP contribution in [0.25, 0.3) is 4.96 Å². The van der Waals surface area contributed by atoms with Crippen LogP contribution >= 0.6 is 36.2 Å². The highest BCUT2D eigenvalue weighted by atomic mass is 35.5. The van der Waals surface area contributed by atoms with Crippen molar-refractivity contribution in [2.75, 3.05) is 0 Å². The molecule has 0 aliphatic heterocycles. The second-order valence-corrected chi connectivity index (χ2v) is 4.06. The normalized spacial score (nSPS) is 9.64. The van der Waals surface area contributed by atoms with Gasteiger partial charge in [-0.25, -0.2) is 4.98 Å². The summed E-state index contributed by atoms with van der Waals surface area (Å²) in [6.45, 7) is 4.63. The first-order valence-electron chi connectivity index (χ1n) is 3.86. The molecule has 0 saturated carbocycles. The Morgan fingerprint density at radius 1 is 1.43 bits per heavy atom. The van der Waals surface area contributed by atoms with Gasteiger partial charge in [0.2, 0.25) is 0 Å². The first-order chi connectivity index (χ1) is 5.72. The van der Waals surface area contributed by atoms with Crippen molar-refractivity contribution in [3.8, 4) is 0 Å². The molecule has 2 aromatic heterocycles. The van der Waals surface area contributed by atoms with E-state index >= 15 is 0 Å². The van der Waals surface area contributed by atoms with Crippen LogP contribution in [0.4, 0.5) is 0 Å². The zero-order valence-corrected chi connectivity index (χ0v) is 10.4. The predicted molar refractivity (Wildman–Crippen MR) is 64.9 cm³/mol. The Labute approximate surface area is 99.2 Å². The van der Waals surface area contributed by atoms with E-state index in [1.54, 1.807) is 11.3 Å². The van der Waals surface area contributed by atoms with Crippen molar-refractivity contribution in [3.05, 3.63) is 22.5 Å². The van der Waals surface area contributed by atoms with Crippen LogP contribution in [0.2, 0.25) is 0 Å². The maximum absolute atomic E-state index is 5.61. The zero-order valence-electron chi connectivity index (χ0n) is 7.98. The third kappa shape index (κ3) is 2.03. The minimum atomic E-state index is 0. The summed E-state index contributed by atoms with van der Waals surface area (Å²) in [7, 11) is 0. The fourth-order valence-corrected chi connectivity index (χ4v) is 2.24. The third-order valence-electron chi connectivity index (χ3n) is 1.93. The van der Waals surface area contributed by atoms with E-state index in [4.69, 9.17) is 5.73 Å².